The molecule has 1 aromatic rings. The maximum Gasteiger partial charge on any atom is 0.253 e. The van der Waals surface area contributed by atoms with E-state index in [1.807, 2.05) is 25.1 Å². The number of hydrogen-bond donors (Lipinski definition) is 3. The van der Waals surface area contributed by atoms with Crippen LogP contribution in [0.1, 0.15) is 10.4 Å². The van der Waals surface area contributed by atoms with Crippen LogP contribution in [0.5, 0.6) is 0 Å². The molecule has 0 aliphatic carbocycles. The molecule has 19 heavy (non-hydrogen) atoms. The fraction of sp³-hybridized carbons (Fsp3) is 0.462. The Hall–Kier alpha value is -1.63. The van der Waals surface area contributed by atoms with Gasteiger partial charge in [0, 0.05) is 13.1 Å². The molecule has 6 heteroatoms. The standard InChI is InChI=1S/C13H22N4O2/c1-17(2)8-10-19-9-7-15-13(18)11-5-3-4-6-12(11)16-14/h3-6,16H,7-10,14H2,1-2H3,(H,15,18). The van der Waals surface area contributed by atoms with Crippen molar-refractivity contribution < 1.29 is 9.53 Å². The van der Waals surface area contributed by atoms with E-state index in [1.165, 1.54) is 0 Å². The first-order valence-electron chi connectivity index (χ1n) is 6.21. The number of nitrogens with zero attached hydrogens (tertiary/aromatic N) is 1. The van der Waals surface area contributed by atoms with Gasteiger partial charge >= 0.3 is 0 Å². The minimum absolute atomic E-state index is 0.162. The third-order valence-electron chi connectivity index (χ3n) is 2.54. The van der Waals surface area contributed by atoms with Gasteiger partial charge in [-0.1, -0.05) is 12.1 Å². The van der Waals surface area contributed by atoms with Crippen molar-refractivity contribution in [2.24, 2.45) is 5.84 Å². The van der Waals surface area contributed by atoms with E-state index in [4.69, 9.17) is 10.6 Å². The van der Waals surface area contributed by atoms with Crippen molar-refractivity contribution in [3.63, 3.8) is 0 Å². The van der Waals surface area contributed by atoms with Gasteiger partial charge in [0.1, 0.15) is 0 Å². The smallest absolute Gasteiger partial charge is 0.253 e. The van der Waals surface area contributed by atoms with Crippen LogP contribution in [0, 0.1) is 0 Å². The molecule has 0 unspecified atom stereocenters. The number of carbonyl (C=O) groups is 1. The summed E-state index contributed by atoms with van der Waals surface area (Å²) in [5, 5.41) is 2.79. The van der Waals surface area contributed by atoms with Crippen LogP contribution in [0.4, 0.5) is 5.69 Å². The largest absolute Gasteiger partial charge is 0.378 e. The van der Waals surface area contributed by atoms with E-state index in [1.54, 1.807) is 18.2 Å². The Kier molecular flexibility index (Phi) is 6.88. The lowest BCUT2D eigenvalue weighted by atomic mass is 10.1. The fourth-order valence-electron chi connectivity index (χ4n) is 1.49. The zero-order valence-corrected chi connectivity index (χ0v) is 11.5. The molecule has 0 saturated carbocycles. The lowest BCUT2D eigenvalue weighted by Crippen LogP contribution is -2.29. The first-order chi connectivity index (χ1) is 9.15. The summed E-state index contributed by atoms with van der Waals surface area (Å²) in [6, 6.07) is 7.08. The van der Waals surface area contributed by atoms with Gasteiger partial charge < -0.3 is 20.4 Å². The third-order valence-corrected chi connectivity index (χ3v) is 2.54. The maximum atomic E-state index is 11.9. The number of hydrogen-bond acceptors (Lipinski definition) is 5. The van der Waals surface area contributed by atoms with Crippen molar-refractivity contribution in [2.45, 2.75) is 0 Å². The van der Waals surface area contributed by atoms with Gasteiger partial charge in [-0.05, 0) is 26.2 Å². The summed E-state index contributed by atoms with van der Waals surface area (Å²) in [4.78, 5) is 13.9. The highest BCUT2D eigenvalue weighted by molar-refractivity contribution is 5.99. The summed E-state index contributed by atoms with van der Waals surface area (Å²) in [5.41, 5.74) is 3.63. The Morgan fingerprint density at radius 2 is 2.05 bits per heavy atom. The molecule has 0 bridgehead atoms. The average molecular weight is 266 g/mol. The third kappa shape index (κ3) is 5.69. The molecule has 106 valence electrons. The SMILES string of the molecule is CN(C)CCOCCNC(=O)c1ccccc1NN. The van der Waals surface area contributed by atoms with Gasteiger partial charge in [0.25, 0.3) is 5.91 Å². The van der Waals surface area contributed by atoms with Gasteiger partial charge in [-0.2, -0.15) is 0 Å². The van der Waals surface area contributed by atoms with Gasteiger partial charge in [-0.25, -0.2) is 0 Å². The van der Waals surface area contributed by atoms with E-state index in [-0.39, 0.29) is 5.91 Å². The van der Waals surface area contributed by atoms with E-state index in [2.05, 4.69) is 10.7 Å². The molecule has 0 fully saturated rings. The molecule has 1 rings (SSSR count). The van der Waals surface area contributed by atoms with Gasteiger partial charge in [0.2, 0.25) is 0 Å². The lowest BCUT2D eigenvalue weighted by molar-refractivity contribution is 0.0901. The maximum absolute atomic E-state index is 11.9. The van der Waals surface area contributed by atoms with Crippen molar-refractivity contribution in [1.29, 1.82) is 0 Å². The molecular formula is C13H22N4O2. The molecule has 0 spiro atoms. The van der Waals surface area contributed by atoms with Gasteiger partial charge in [-0.15, -0.1) is 0 Å². The summed E-state index contributed by atoms with van der Waals surface area (Å²) in [7, 11) is 3.98. The zero-order chi connectivity index (χ0) is 14.1. The zero-order valence-electron chi connectivity index (χ0n) is 11.5. The quantitative estimate of drug-likeness (QED) is 0.358. The van der Waals surface area contributed by atoms with Crippen LogP contribution >= 0.6 is 0 Å². The molecule has 0 aromatic heterocycles. The summed E-state index contributed by atoms with van der Waals surface area (Å²) in [5.74, 6) is 5.19. The van der Waals surface area contributed by atoms with Crippen LogP contribution in [0.3, 0.4) is 0 Å². The molecule has 0 heterocycles. The van der Waals surface area contributed by atoms with Crippen LogP contribution in [-0.2, 0) is 4.74 Å². The van der Waals surface area contributed by atoms with E-state index in [0.717, 1.165) is 6.54 Å². The first kappa shape index (κ1) is 15.4. The number of nitrogens with two attached hydrogens (primary N) is 1. The number of anilines is 1. The minimum Gasteiger partial charge on any atom is -0.378 e. The molecule has 0 aliphatic rings. The van der Waals surface area contributed by atoms with Crippen molar-refractivity contribution in [2.75, 3.05) is 45.8 Å². The number of nitrogens with one attached hydrogen (secondary N) is 2. The molecule has 0 radical (unpaired) electrons. The van der Waals surface area contributed by atoms with Crippen molar-refractivity contribution in [1.82, 2.24) is 10.2 Å². The Bertz CT molecular complexity index is 396. The molecule has 0 saturated heterocycles. The number of nitrogen functional groups attached to an aromatic ring is 1. The van der Waals surface area contributed by atoms with Gasteiger partial charge in [0.15, 0.2) is 0 Å². The van der Waals surface area contributed by atoms with Crippen molar-refractivity contribution in [3.8, 4) is 0 Å². The van der Waals surface area contributed by atoms with Crippen molar-refractivity contribution in [3.05, 3.63) is 29.8 Å². The predicted octanol–water partition coefficient (Wildman–Crippen LogP) is 0.280. The van der Waals surface area contributed by atoms with E-state index in [9.17, 15) is 4.79 Å². The summed E-state index contributed by atoms with van der Waals surface area (Å²) in [6.45, 7) is 2.50. The predicted molar refractivity (Wildman–Crippen MR) is 76.0 cm³/mol. The van der Waals surface area contributed by atoms with Gasteiger partial charge in [-0.3, -0.25) is 10.6 Å². The summed E-state index contributed by atoms with van der Waals surface area (Å²) < 4.78 is 5.39. The molecular weight excluding hydrogens is 244 g/mol. The number of para-hydroxylation sites is 1. The average Bonchev–Trinajstić information content (AvgIpc) is 2.42. The second kappa shape index (κ2) is 8.47. The Labute approximate surface area is 113 Å². The van der Waals surface area contributed by atoms with Crippen LogP contribution < -0.4 is 16.6 Å². The Morgan fingerprint density at radius 3 is 2.74 bits per heavy atom. The number of likely N-dealkylation sites (N-methyl/N-ethyl adjacent to an activating group) is 1. The number of carbonyl (C=O) groups excluding carboxylic acids is 1. The minimum atomic E-state index is -0.162. The lowest BCUT2D eigenvalue weighted by Gasteiger charge is -2.11. The topological polar surface area (TPSA) is 79.6 Å². The highest BCUT2D eigenvalue weighted by Crippen LogP contribution is 2.12. The summed E-state index contributed by atoms with van der Waals surface area (Å²) in [6.07, 6.45) is 0. The molecule has 0 atom stereocenters. The highest BCUT2D eigenvalue weighted by Gasteiger charge is 2.08. The number of benzene rings is 1. The molecule has 4 N–H and O–H groups in total. The van der Waals surface area contributed by atoms with E-state index < -0.39 is 0 Å². The number of amides is 1. The second-order valence-corrected chi connectivity index (χ2v) is 4.36. The fourth-order valence-corrected chi connectivity index (χ4v) is 1.49. The number of ether oxygens (including phenoxy) is 1. The number of rotatable bonds is 8. The Morgan fingerprint density at radius 1 is 1.32 bits per heavy atom. The Balaban J connectivity index is 2.28. The second-order valence-electron chi connectivity index (χ2n) is 4.36. The molecule has 1 aromatic carbocycles. The first-order valence-corrected chi connectivity index (χ1v) is 6.21. The van der Waals surface area contributed by atoms with Crippen LogP contribution in [0.2, 0.25) is 0 Å². The van der Waals surface area contributed by atoms with E-state index in [0.29, 0.717) is 31.0 Å². The number of hydrazine groups is 1. The summed E-state index contributed by atoms with van der Waals surface area (Å²) >= 11 is 0. The van der Waals surface area contributed by atoms with Crippen LogP contribution in [0.15, 0.2) is 24.3 Å². The molecule has 6 nitrogen and oxygen atoms in total. The van der Waals surface area contributed by atoms with Crippen LogP contribution in [0.25, 0.3) is 0 Å². The highest BCUT2D eigenvalue weighted by atomic mass is 16.5. The monoisotopic (exact) mass is 266 g/mol. The normalized spacial score (nSPS) is 10.5. The molecule has 0 aliphatic heterocycles. The van der Waals surface area contributed by atoms with Crippen molar-refractivity contribution >= 4 is 11.6 Å². The van der Waals surface area contributed by atoms with E-state index >= 15 is 0 Å². The van der Waals surface area contributed by atoms with Crippen LogP contribution in [-0.4, -0.2) is 51.2 Å². The molecule has 1 amide bonds. The van der Waals surface area contributed by atoms with Gasteiger partial charge in [0.05, 0.1) is 24.5 Å².